The second-order valence-electron chi connectivity index (χ2n) is 5.19. The highest BCUT2D eigenvalue weighted by Gasteiger charge is 2.22. The van der Waals surface area contributed by atoms with Crippen LogP contribution in [0.5, 0.6) is 5.75 Å². The van der Waals surface area contributed by atoms with Gasteiger partial charge in [-0.15, -0.1) is 0 Å². The molecule has 1 aliphatic heterocycles. The fraction of sp³-hybridized carbons (Fsp3) is 0.158. The zero-order valence-corrected chi connectivity index (χ0v) is 12.9. The first kappa shape index (κ1) is 15.0. The Hall–Kier alpha value is -2.88. The summed E-state index contributed by atoms with van der Waals surface area (Å²) in [5.74, 6) is 0.766. The first-order valence-corrected chi connectivity index (χ1v) is 7.47. The van der Waals surface area contributed by atoms with Gasteiger partial charge in [-0.2, -0.15) is 0 Å². The van der Waals surface area contributed by atoms with Crippen LogP contribution in [0.15, 0.2) is 65.3 Å². The standard InChI is InChI=1S/C19H17NO3/c1-14-7-5-6-8-15(14)13-17-19(21)23-18(20-17)11-12-22-16-9-3-2-4-10-16/h2-10,13H,11-12H2,1H3/b17-13-. The van der Waals surface area contributed by atoms with E-state index < -0.39 is 5.97 Å². The fourth-order valence-corrected chi connectivity index (χ4v) is 2.23. The van der Waals surface area contributed by atoms with Crippen LogP contribution >= 0.6 is 0 Å². The largest absolute Gasteiger partial charge is 0.493 e. The van der Waals surface area contributed by atoms with E-state index in [2.05, 4.69) is 4.99 Å². The Bertz CT molecular complexity index is 763. The zero-order valence-electron chi connectivity index (χ0n) is 12.9. The number of hydrogen-bond donors (Lipinski definition) is 0. The molecule has 4 nitrogen and oxygen atoms in total. The molecule has 3 rings (SSSR count). The molecule has 1 heterocycles. The van der Waals surface area contributed by atoms with Crippen LogP contribution in [-0.2, 0) is 9.53 Å². The number of nitrogens with zero attached hydrogens (tertiary/aromatic N) is 1. The van der Waals surface area contributed by atoms with Crippen molar-refractivity contribution in [3.63, 3.8) is 0 Å². The van der Waals surface area contributed by atoms with Gasteiger partial charge in [-0.25, -0.2) is 9.79 Å². The van der Waals surface area contributed by atoms with Gasteiger partial charge in [0.25, 0.3) is 0 Å². The van der Waals surface area contributed by atoms with Gasteiger partial charge in [0.1, 0.15) is 5.75 Å². The lowest BCUT2D eigenvalue weighted by atomic mass is 10.1. The summed E-state index contributed by atoms with van der Waals surface area (Å²) >= 11 is 0. The highest BCUT2D eigenvalue weighted by Crippen LogP contribution is 2.19. The number of rotatable bonds is 5. The molecule has 0 saturated heterocycles. The van der Waals surface area contributed by atoms with E-state index >= 15 is 0 Å². The molecule has 0 atom stereocenters. The van der Waals surface area contributed by atoms with Crippen LogP contribution in [0, 0.1) is 6.92 Å². The summed E-state index contributed by atoms with van der Waals surface area (Å²) in [4.78, 5) is 16.2. The molecule has 2 aromatic carbocycles. The van der Waals surface area contributed by atoms with Crippen LogP contribution in [0.3, 0.4) is 0 Å². The smallest absolute Gasteiger partial charge is 0.363 e. The van der Waals surface area contributed by atoms with Gasteiger partial charge in [0.2, 0.25) is 5.90 Å². The van der Waals surface area contributed by atoms with Gasteiger partial charge in [-0.05, 0) is 36.3 Å². The molecular formula is C19H17NO3. The predicted octanol–water partition coefficient (Wildman–Crippen LogP) is 3.76. The summed E-state index contributed by atoms with van der Waals surface area (Å²) in [5, 5.41) is 0. The van der Waals surface area contributed by atoms with Crippen LogP contribution in [0.1, 0.15) is 17.5 Å². The van der Waals surface area contributed by atoms with Crippen LogP contribution in [-0.4, -0.2) is 18.5 Å². The van der Waals surface area contributed by atoms with Gasteiger partial charge in [0.05, 0.1) is 13.0 Å². The van der Waals surface area contributed by atoms with Crippen molar-refractivity contribution >= 4 is 17.9 Å². The lowest BCUT2D eigenvalue weighted by molar-refractivity contribution is -0.130. The van der Waals surface area contributed by atoms with Crippen molar-refractivity contribution in [1.29, 1.82) is 0 Å². The van der Waals surface area contributed by atoms with Crippen molar-refractivity contribution in [3.8, 4) is 5.75 Å². The van der Waals surface area contributed by atoms with E-state index in [0.717, 1.165) is 16.9 Å². The van der Waals surface area contributed by atoms with Crippen molar-refractivity contribution in [1.82, 2.24) is 0 Å². The molecule has 2 aromatic rings. The molecule has 0 spiro atoms. The molecule has 23 heavy (non-hydrogen) atoms. The molecule has 0 fully saturated rings. The maximum atomic E-state index is 11.9. The van der Waals surface area contributed by atoms with Crippen molar-refractivity contribution in [2.75, 3.05) is 6.61 Å². The predicted molar refractivity (Wildman–Crippen MR) is 89.2 cm³/mol. The normalized spacial score (nSPS) is 15.4. The Morgan fingerprint density at radius 3 is 2.61 bits per heavy atom. The van der Waals surface area contributed by atoms with Gasteiger partial charge >= 0.3 is 5.97 Å². The van der Waals surface area contributed by atoms with E-state index in [-0.39, 0.29) is 0 Å². The Balaban J connectivity index is 1.64. The number of aryl methyl sites for hydroxylation is 1. The summed E-state index contributed by atoms with van der Waals surface area (Å²) in [6.45, 7) is 2.40. The third-order valence-electron chi connectivity index (χ3n) is 3.47. The zero-order chi connectivity index (χ0) is 16.1. The minimum atomic E-state index is -0.414. The molecule has 0 bridgehead atoms. The molecule has 0 radical (unpaired) electrons. The minimum absolute atomic E-state index is 0.328. The number of benzene rings is 2. The monoisotopic (exact) mass is 307 g/mol. The Kier molecular flexibility index (Phi) is 4.52. The number of carbonyl (C=O) groups excluding carboxylic acids is 1. The summed E-state index contributed by atoms with van der Waals surface area (Å²) < 4.78 is 10.8. The number of aliphatic imine (C=N–C) groups is 1. The lowest BCUT2D eigenvalue weighted by Gasteiger charge is -2.04. The number of para-hydroxylation sites is 1. The molecule has 4 heteroatoms. The summed E-state index contributed by atoms with van der Waals surface area (Å²) in [6.07, 6.45) is 2.20. The number of esters is 1. The SMILES string of the molecule is Cc1ccccc1/C=C1\N=C(CCOc2ccccc2)OC1=O. The molecule has 0 N–H and O–H groups in total. The fourth-order valence-electron chi connectivity index (χ4n) is 2.23. The van der Waals surface area contributed by atoms with E-state index in [9.17, 15) is 4.79 Å². The molecule has 0 aromatic heterocycles. The lowest BCUT2D eigenvalue weighted by Crippen LogP contribution is -2.08. The van der Waals surface area contributed by atoms with E-state index in [4.69, 9.17) is 9.47 Å². The average molecular weight is 307 g/mol. The summed E-state index contributed by atoms with van der Waals surface area (Å²) in [7, 11) is 0. The molecular weight excluding hydrogens is 290 g/mol. The number of hydrogen-bond acceptors (Lipinski definition) is 4. The first-order chi connectivity index (χ1) is 11.2. The molecule has 0 saturated carbocycles. The number of ether oxygens (including phenoxy) is 2. The van der Waals surface area contributed by atoms with Crippen molar-refractivity contribution in [2.45, 2.75) is 13.3 Å². The van der Waals surface area contributed by atoms with Gasteiger partial charge in [-0.1, -0.05) is 42.5 Å². The second-order valence-corrected chi connectivity index (χ2v) is 5.19. The molecule has 0 unspecified atom stereocenters. The second kappa shape index (κ2) is 6.92. The van der Waals surface area contributed by atoms with Crippen LogP contribution in [0.25, 0.3) is 6.08 Å². The van der Waals surface area contributed by atoms with E-state index in [0.29, 0.717) is 24.6 Å². The van der Waals surface area contributed by atoms with Gasteiger partial charge < -0.3 is 9.47 Å². The third kappa shape index (κ3) is 3.86. The van der Waals surface area contributed by atoms with Crippen molar-refractivity contribution < 1.29 is 14.3 Å². The number of carbonyl (C=O) groups is 1. The van der Waals surface area contributed by atoms with E-state index in [1.54, 1.807) is 6.08 Å². The maximum Gasteiger partial charge on any atom is 0.363 e. The van der Waals surface area contributed by atoms with E-state index in [1.165, 1.54) is 0 Å². The molecule has 116 valence electrons. The molecule has 0 aliphatic carbocycles. The summed E-state index contributed by atoms with van der Waals surface area (Å²) in [6, 6.07) is 17.3. The Labute approximate surface area is 135 Å². The van der Waals surface area contributed by atoms with Gasteiger partial charge in [-0.3, -0.25) is 0 Å². The average Bonchev–Trinajstić information content (AvgIpc) is 2.90. The van der Waals surface area contributed by atoms with Crippen LogP contribution in [0.2, 0.25) is 0 Å². The van der Waals surface area contributed by atoms with Gasteiger partial charge in [0, 0.05) is 0 Å². The Morgan fingerprint density at radius 2 is 1.83 bits per heavy atom. The molecule has 0 amide bonds. The topological polar surface area (TPSA) is 47.9 Å². The summed E-state index contributed by atoms with van der Waals surface area (Å²) in [5.41, 5.74) is 2.38. The number of cyclic esters (lactones) is 1. The highest BCUT2D eigenvalue weighted by atomic mass is 16.6. The minimum Gasteiger partial charge on any atom is -0.493 e. The Morgan fingerprint density at radius 1 is 1.09 bits per heavy atom. The first-order valence-electron chi connectivity index (χ1n) is 7.47. The maximum absolute atomic E-state index is 11.9. The van der Waals surface area contributed by atoms with Gasteiger partial charge in [0.15, 0.2) is 5.70 Å². The third-order valence-corrected chi connectivity index (χ3v) is 3.47. The van der Waals surface area contributed by atoms with Crippen molar-refractivity contribution in [3.05, 3.63) is 71.4 Å². The quantitative estimate of drug-likeness (QED) is 0.624. The van der Waals surface area contributed by atoms with Crippen LogP contribution in [0.4, 0.5) is 0 Å². The molecule has 1 aliphatic rings. The van der Waals surface area contributed by atoms with Crippen molar-refractivity contribution in [2.24, 2.45) is 4.99 Å². The van der Waals surface area contributed by atoms with E-state index in [1.807, 2.05) is 61.5 Å². The van der Waals surface area contributed by atoms with Crippen LogP contribution < -0.4 is 4.74 Å². The highest BCUT2D eigenvalue weighted by molar-refractivity contribution is 6.07.